The quantitative estimate of drug-likeness (QED) is 0.652. The molecule has 140 valence electrons. The van der Waals surface area contributed by atoms with Crippen LogP contribution in [0.15, 0.2) is 42.6 Å². The lowest BCUT2D eigenvalue weighted by molar-refractivity contribution is 0.324. The minimum atomic E-state index is -0.361. The summed E-state index contributed by atoms with van der Waals surface area (Å²) in [4.78, 5) is 4.32. The molecule has 0 amide bonds. The molecule has 1 aromatic heterocycles. The molecule has 0 fully saturated rings. The van der Waals surface area contributed by atoms with Crippen LogP contribution in [0, 0.1) is 5.82 Å². The molecule has 0 aliphatic carbocycles. The summed E-state index contributed by atoms with van der Waals surface area (Å²) in [5.41, 5.74) is 1.17. The van der Waals surface area contributed by atoms with E-state index in [1.54, 1.807) is 24.3 Å². The van der Waals surface area contributed by atoms with Crippen molar-refractivity contribution in [2.75, 3.05) is 32.0 Å². The number of methoxy groups -OCH3 is 3. The lowest BCUT2D eigenvalue weighted by Gasteiger charge is -2.15. The van der Waals surface area contributed by atoms with E-state index in [9.17, 15) is 4.39 Å². The zero-order valence-electron chi connectivity index (χ0n) is 15.0. The van der Waals surface area contributed by atoms with Crippen molar-refractivity contribution < 1.29 is 18.6 Å². The molecule has 3 rings (SSSR count). The summed E-state index contributed by atoms with van der Waals surface area (Å²) in [7, 11) is 4.61. The smallest absolute Gasteiger partial charge is 0.249 e. The molecule has 0 spiro atoms. The fourth-order valence-corrected chi connectivity index (χ4v) is 2.41. The van der Waals surface area contributed by atoms with Gasteiger partial charge >= 0.3 is 0 Å². The van der Waals surface area contributed by atoms with Crippen LogP contribution in [-0.2, 0) is 0 Å². The summed E-state index contributed by atoms with van der Waals surface area (Å²) in [6.07, 6.45) is 1.46. The van der Waals surface area contributed by atoms with E-state index in [0.717, 1.165) is 0 Å². The summed E-state index contributed by atoms with van der Waals surface area (Å²) in [5, 5.41) is 13.8. The van der Waals surface area contributed by atoms with Gasteiger partial charge in [-0.25, -0.2) is 4.39 Å². The van der Waals surface area contributed by atoms with E-state index < -0.39 is 0 Å². The van der Waals surface area contributed by atoms with Crippen molar-refractivity contribution in [3.8, 4) is 17.2 Å². The van der Waals surface area contributed by atoms with E-state index in [0.29, 0.717) is 34.4 Å². The normalized spacial score (nSPS) is 10.2. The van der Waals surface area contributed by atoms with Gasteiger partial charge in [-0.15, -0.1) is 5.10 Å². The molecular formula is C18H18FN5O3. The molecule has 0 atom stereocenters. The predicted molar refractivity (Wildman–Crippen MR) is 98.9 cm³/mol. The average molecular weight is 371 g/mol. The van der Waals surface area contributed by atoms with Crippen LogP contribution in [0.1, 0.15) is 0 Å². The molecular weight excluding hydrogens is 353 g/mol. The number of anilines is 4. The van der Waals surface area contributed by atoms with Crippen LogP contribution < -0.4 is 24.8 Å². The third kappa shape index (κ3) is 4.32. The highest BCUT2D eigenvalue weighted by molar-refractivity contribution is 5.67. The van der Waals surface area contributed by atoms with Crippen molar-refractivity contribution >= 4 is 23.1 Å². The molecule has 9 heteroatoms. The van der Waals surface area contributed by atoms with Crippen molar-refractivity contribution in [3.05, 3.63) is 48.4 Å². The highest BCUT2D eigenvalue weighted by Gasteiger charge is 2.14. The first-order valence-corrected chi connectivity index (χ1v) is 7.92. The first-order valence-electron chi connectivity index (χ1n) is 7.92. The van der Waals surface area contributed by atoms with Gasteiger partial charge in [-0.05, 0) is 18.2 Å². The molecule has 1 heterocycles. The summed E-state index contributed by atoms with van der Waals surface area (Å²) < 4.78 is 29.3. The van der Waals surface area contributed by atoms with Gasteiger partial charge in [0.1, 0.15) is 5.82 Å². The maximum Gasteiger partial charge on any atom is 0.249 e. The Labute approximate surface area is 155 Å². The third-order valence-corrected chi connectivity index (χ3v) is 3.58. The van der Waals surface area contributed by atoms with Crippen molar-refractivity contribution in [2.45, 2.75) is 0 Å². The molecule has 2 N–H and O–H groups in total. The zero-order chi connectivity index (χ0) is 19.2. The topological polar surface area (TPSA) is 90.4 Å². The maximum absolute atomic E-state index is 13.3. The zero-order valence-corrected chi connectivity index (χ0v) is 15.0. The number of nitrogens with one attached hydrogen (secondary N) is 2. The van der Waals surface area contributed by atoms with Gasteiger partial charge in [0.05, 0.1) is 27.5 Å². The van der Waals surface area contributed by atoms with Crippen molar-refractivity contribution in [3.63, 3.8) is 0 Å². The molecule has 27 heavy (non-hydrogen) atoms. The number of rotatable bonds is 7. The number of halogens is 1. The van der Waals surface area contributed by atoms with E-state index in [2.05, 4.69) is 25.8 Å². The van der Waals surface area contributed by atoms with Gasteiger partial charge in [0.25, 0.3) is 0 Å². The van der Waals surface area contributed by atoms with Gasteiger partial charge in [0.15, 0.2) is 17.3 Å². The third-order valence-electron chi connectivity index (χ3n) is 3.58. The fourth-order valence-electron chi connectivity index (χ4n) is 2.41. The molecule has 0 aliphatic rings. The number of benzene rings is 2. The van der Waals surface area contributed by atoms with Crippen LogP contribution in [0.2, 0.25) is 0 Å². The minimum absolute atomic E-state index is 0.220. The number of aromatic nitrogens is 3. The second-order valence-corrected chi connectivity index (χ2v) is 5.34. The molecule has 0 bridgehead atoms. The Kier molecular flexibility index (Phi) is 5.50. The van der Waals surface area contributed by atoms with Crippen LogP contribution in [0.4, 0.5) is 27.5 Å². The predicted octanol–water partition coefficient (Wildman–Crippen LogP) is 3.52. The lowest BCUT2D eigenvalue weighted by atomic mass is 10.2. The van der Waals surface area contributed by atoms with E-state index in [4.69, 9.17) is 14.2 Å². The Bertz CT molecular complexity index is 913. The van der Waals surface area contributed by atoms with Crippen molar-refractivity contribution in [1.82, 2.24) is 15.2 Å². The molecule has 0 saturated heterocycles. The Morgan fingerprint density at radius 3 is 2.26 bits per heavy atom. The molecule has 3 aromatic rings. The van der Waals surface area contributed by atoms with E-state index >= 15 is 0 Å². The molecule has 0 saturated carbocycles. The number of ether oxygens (including phenoxy) is 3. The monoisotopic (exact) mass is 371 g/mol. The Hall–Kier alpha value is -3.62. The second-order valence-electron chi connectivity index (χ2n) is 5.34. The highest BCUT2D eigenvalue weighted by atomic mass is 19.1. The van der Waals surface area contributed by atoms with E-state index in [1.807, 2.05) is 0 Å². The van der Waals surface area contributed by atoms with Gasteiger partial charge in [-0.1, -0.05) is 6.07 Å². The first kappa shape index (κ1) is 18.2. The first-order chi connectivity index (χ1) is 13.1. The molecule has 8 nitrogen and oxygen atoms in total. The fraction of sp³-hybridized carbons (Fsp3) is 0.167. The van der Waals surface area contributed by atoms with Gasteiger partial charge in [0, 0.05) is 23.5 Å². The summed E-state index contributed by atoms with van der Waals surface area (Å²) in [5.74, 6) is 1.77. The van der Waals surface area contributed by atoms with Gasteiger partial charge < -0.3 is 24.8 Å². The molecule has 2 aromatic carbocycles. The molecule has 0 aliphatic heterocycles. The molecule has 0 unspecified atom stereocenters. The molecule has 0 radical (unpaired) electrons. The van der Waals surface area contributed by atoms with Crippen LogP contribution >= 0.6 is 0 Å². The van der Waals surface area contributed by atoms with Gasteiger partial charge in [-0.3, -0.25) is 0 Å². The van der Waals surface area contributed by atoms with E-state index in [-0.39, 0.29) is 11.8 Å². The Morgan fingerprint density at radius 2 is 1.63 bits per heavy atom. The second kappa shape index (κ2) is 8.17. The summed E-state index contributed by atoms with van der Waals surface area (Å²) >= 11 is 0. The van der Waals surface area contributed by atoms with Crippen molar-refractivity contribution in [1.29, 1.82) is 0 Å². The standard InChI is InChI=1S/C18H18FN5O3/c1-25-14-8-13(9-15(26-2)17(14)27-3)21-16-10-20-24-18(23-16)22-12-6-4-5-11(19)7-12/h4-10H,1-3H3,(H2,21,22,23,24). The number of nitrogens with zero attached hydrogens (tertiary/aromatic N) is 3. The van der Waals surface area contributed by atoms with Crippen LogP contribution in [-0.4, -0.2) is 36.5 Å². The average Bonchev–Trinajstić information content (AvgIpc) is 2.67. The SMILES string of the molecule is COc1cc(Nc2cnnc(Nc3cccc(F)c3)n2)cc(OC)c1OC. The largest absolute Gasteiger partial charge is 0.493 e. The maximum atomic E-state index is 13.3. The summed E-state index contributed by atoms with van der Waals surface area (Å²) in [6, 6.07) is 9.45. The number of hydrogen-bond donors (Lipinski definition) is 2. The highest BCUT2D eigenvalue weighted by Crippen LogP contribution is 2.40. The number of hydrogen-bond acceptors (Lipinski definition) is 8. The Morgan fingerprint density at radius 1 is 0.889 bits per heavy atom. The van der Waals surface area contributed by atoms with Crippen LogP contribution in [0.5, 0.6) is 17.2 Å². The Balaban J connectivity index is 1.84. The summed E-state index contributed by atoms with van der Waals surface area (Å²) in [6.45, 7) is 0. The van der Waals surface area contributed by atoms with Crippen LogP contribution in [0.25, 0.3) is 0 Å². The van der Waals surface area contributed by atoms with E-state index in [1.165, 1.54) is 39.7 Å². The minimum Gasteiger partial charge on any atom is -0.493 e. The van der Waals surface area contributed by atoms with Crippen LogP contribution in [0.3, 0.4) is 0 Å². The van der Waals surface area contributed by atoms with Gasteiger partial charge in [-0.2, -0.15) is 10.1 Å². The van der Waals surface area contributed by atoms with Gasteiger partial charge in [0.2, 0.25) is 11.7 Å². The lowest BCUT2D eigenvalue weighted by Crippen LogP contribution is -2.03. The van der Waals surface area contributed by atoms with Crippen molar-refractivity contribution in [2.24, 2.45) is 0 Å².